The van der Waals surface area contributed by atoms with Crippen LogP contribution in [0.4, 0.5) is 5.69 Å². The van der Waals surface area contributed by atoms with Crippen LogP contribution in [0.3, 0.4) is 0 Å². The van der Waals surface area contributed by atoms with E-state index < -0.39 is 0 Å². The van der Waals surface area contributed by atoms with E-state index in [1.54, 1.807) is 12.1 Å². The van der Waals surface area contributed by atoms with Crippen LogP contribution < -0.4 is 10.0 Å². The van der Waals surface area contributed by atoms with Crippen molar-refractivity contribution in [2.75, 3.05) is 11.2 Å². The van der Waals surface area contributed by atoms with Gasteiger partial charge < -0.3 is 5.32 Å². The number of carbonyl (C=O) groups excluding carboxylic acids is 1. The molecule has 2 aromatic carbocycles. The molecule has 0 atom stereocenters. The van der Waals surface area contributed by atoms with Crippen molar-refractivity contribution >= 4 is 23.5 Å². The van der Waals surface area contributed by atoms with Crippen molar-refractivity contribution in [1.82, 2.24) is 4.72 Å². The Hall–Kier alpha value is -1.94. The molecule has 2 aromatic rings. The van der Waals surface area contributed by atoms with E-state index in [1.807, 2.05) is 30.3 Å². The summed E-state index contributed by atoms with van der Waals surface area (Å²) in [5.41, 5.74) is 2.95. The third-order valence-electron chi connectivity index (χ3n) is 2.60. The van der Waals surface area contributed by atoms with E-state index in [2.05, 4.69) is 29.1 Å². The number of rotatable bonds is 5. The minimum absolute atomic E-state index is 0.0729. The zero-order valence-corrected chi connectivity index (χ0v) is 11.5. The first-order valence-corrected chi connectivity index (χ1v) is 7.02. The van der Waals surface area contributed by atoms with Gasteiger partial charge in [-0.05, 0) is 43.1 Å². The molecule has 3 nitrogen and oxygen atoms in total. The highest BCUT2D eigenvalue weighted by atomic mass is 32.2. The molecule has 98 valence electrons. The predicted octanol–water partition coefficient (Wildman–Crippen LogP) is 3.44. The highest BCUT2D eigenvalue weighted by Crippen LogP contribution is 2.10. The Bertz CT molecular complexity index is 526. The van der Waals surface area contributed by atoms with Gasteiger partial charge in [0.05, 0.1) is 5.88 Å². The van der Waals surface area contributed by atoms with Gasteiger partial charge >= 0.3 is 0 Å². The van der Waals surface area contributed by atoms with Crippen molar-refractivity contribution in [2.45, 2.75) is 6.92 Å². The number of nitrogens with one attached hydrogen (secondary N) is 2. The quantitative estimate of drug-likeness (QED) is 0.497. The van der Waals surface area contributed by atoms with E-state index in [0.717, 1.165) is 5.69 Å². The molecule has 2 rings (SSSR count). The Morgan fingerprint density at radius 3 is 2.42 bits per heavy atom. The summed E-state index contributed by atoms with van der Waals surface area (Å²) in [5, 5.41) is 3.23. The van der Waals surface area contributed by atoms with Crippen LogP contribution in [-0.4, -0.2) is 11.8 Å². The molecule has 0 heterocycles. The molecule has 0 aromatic heterocycles. The molecule has 2 N–H and O–H groups in total. The first-order valence-electron chi connectivity index (χ1n) is 6.03. The molecule has 4 heteroatoms. The van der Waals surface area contributed by atoms with Gasteiger partial charge in [-0.1, -0.05) is 35.9 Å². The van der Waals surface area contributed by atoms with E-state index in [4.69, 9.17) is 0 Å². The summed E-state index contributed by atoms with van der Waals surface area (Å²) in [4.78, 5) is 11.7. The first-order chi connectivity index (χ1) is 9.25. The monoisotopic (exact) mass is 272 g/mol. The van der Waals surface area contributed by atoms with Crippen LogP contribution in [0.5, 0.6) is 0 Å². The summed E-state index contributed by atoms with van der Waals surface area (Å²) < 4.78 is 2.80. The molecule has 0 saturated heterocycles. The zero-order chi connectivity index (χ0) is 13.5. The van der Waals surface area contributed by atoms with Gasteiger partial charge in [0, 0.05) is 11.3 Å². The lowest BCUT2D eigenvalue weighted by molar-refractivity contribution is 0.0984. The molecular weight excluding hydrogens is 256 g/mol. The largest absolute Gasteiger partial charge is 0.374 e. The third kappa shape index (κ3) is 4.34. The number of carbonyl (C=O) groups is 1. The van der Waals surface area contributed by atoms with Crippen LogP contribution >= 0.6 is 11.9 Å². The van der Waals surface area contributed by atoms with Gasteiger partial charge in [-0.2, -0.15) is 0 Å². The molecule has 0 radical (unpaired) electrons. The number of hydrogen-bond donors (Lipinski definition) is 2. The van der Waals surface area contributed by atoms with Gasteiger partial charge in [0.2, 0.25) is 0 Å². The lowest BCUT2D eigenvalue weighted by Gasteiger charge is -2.07. The Morgan fingerprint density at radius 1 is 1.05 bits per heavy atom. The molecule has 1 amide bonds. The highest BCUT2D eigenvalue weighted by Gasteiger charge is 2.03. The molecule has 0 spiro atoms. The topological polar surface area (TPSA) is 41.1 Å². The van der Waals surface area contributed by atoms with Crippen molar-refractivity contribution in [2.24, 2.45) is 0 Å². The highest BCUT2D eigenvalue weighted by molar-refractivity contribution is 7.98. The molecule has 0 aliphatic rings. The fourth-order valence-corrected chi connectivity index (χ4v) is 2.10. The number of aryl methyl sites for hydroxylation is 1. The molecule has 0 fully saturated rings. The molecule has 0 saturated carbocycles. The lowest BCUT2D eigenvalue weighted by atomic mass is 10.2. The number of amides is 1. The molecule has 0 aliphatic heterocycles. The maximum absolute atomic E-state index is 11.7. The SMILES string of the molecule is Cc1ccc(NCSNC(=O)c2ccccc2)cc1. The normalized spacial score (nSPS) is 9.95. The van der Waals surface area contributed by atoms with Crippen molar-refractivity contribution < 1.29 is 4.79 Å². The average Bonchev–Trinajstić information content (AvgIpc) is 2.46. The standard InChI is InChI=1S/C15H16N2OS/c1-12-7-9-14(10-8-12)16-11-19-17-15(18)13-5-3-2-4-6-13/h2-10,16H,11H2,1H3,(H,17,18). The first kappa shape index (κ1) is 13.5. The van der Waals surface area contributed by atoms with Crippen LogP contribution in [0, 0.1) is 6.92 Å². The Kier molecular flexibility index (Phi) is 4.86. The summed E-state index contributed by atoms with van der Waals surface area (Å²) in [7, 11) is 0. The van der Waals surface area contributed by atoms with Gasteiger partial charge in [-0.3, -0.25) is 9.52 Å². The summed E-state index contributed by atoms with van der Waals surface area (Å²) >= 11 is 1.34. The fourth-order valence-electron chi connectivity index (χ4n) is 1.54. The van der Waals surface area contributed by atoms with Crippen molar-refractivity contribution in [3.63, 3.8) is 0 Å². The smallest absolute Gasteiger partial charge is 0.261 e. The molecule has 19 heavy (non-hydrogen) atoms. The van der Waals surface area contributed by atoms with E-state index in [0.29, 0.717) is 11.4 Å². The van der Waals surface area contributed by atoms with Gasteiger partial charge in [0.1, 0.15) is 0 Å². The lowest BCUT2D eigenvalue weighted by Crippen LogP contribution is -2.17. The predicted molar refractivity (Wildman–Crippen MR) is 81.2 cm³/mol. The van der Waals surface area contributed by atoms with E-state index in [9.17, 15) is 4.79 Å². The number of anilines is 1. The van der Waals surface area contributed by atoms with Gasteiger partial charge in [0.15, 0.2) is 0 Å². The zero-order valence-electron chi connectivity index (χ0n) is 10.7. The Morgan fingerprint density at radius 2 is 1.74 bits per heavy atom. The van der Waals surface area contributed by atoms with Crippen LogP contribution in [0.15, 0.2) is 54.6 Å². The van der Waals surface area contributed by atoms with Crippen LogP contribution in [0.25, 0.3) is 0 Å². The second-order valence-corrected chi connectivity index (χ2v) is 4.91. The third-order valence-corrected chi connectivity index (χ3v) is 3.22. The minimum Gasteiger partial charge on any atom is -0.374 e. The van der Waals surface area contributed by atoms with E-state index in [-0.39, 0.29) is 5.91 Å². The number of hydrogen-bond acceptors (Lipinski definition) is 3. The van der Waals surface area contributed by atoms with Crippen molar-refractivity contribution in [3.05, 3.63) is 65.7 Å². The van der Waals surface area contributed by atoms with Gasteiger partial charge in [0.25, 0.3) is 5.91 Å². The van der Waals surface area contributed by atoms with Crippen LogP contribution in [0.2, 0.25) is 0 Å². The second-order valence-electron chi connectivity index (χ2n) is 4.13. The summed E-state index contributed by atoms with van der Waals surface area (Å²) in [6.45, 7) is 2.05. The number of benzene rings is 2. The van der Waals surface area contributed by atoms with Gasteiger partial charge in [-0.25, -0.2) is 0 Å². The Labute approximate surface area is 117 Å². The van der Waals surface area contributed by atoms with E-state index in [1.165, 1.54) is 17.5 Å². The molecule has 0 bridgehead atoms. The minimum atomic E-state index is -0.0729. The molecule has 0 unspecified atom stereocenters. The van der Waals surface area contributed by atoms with E-state index >= 15 is 0 Å². The fraction of sp³-hybridized carbons (Fsp3) is 0.133. The summed E-state index contributed by atoms with van der Waals surface area (Å²) in [5.74, 6) is 0.554. The van der Waals surface area contributed by atoms with Crippen LogP contribution in [0.1, 0.15) is 15.9 Å². The maximum Gasteiger partial charge on any atom is 0.261 e. The second kappa shape index (κ2) is 6.85. The Balaban J connectivity index is 1.72. The molecular formula is C15H16N2OS. The average molecular weight is 272 g/mol. The molecule has 0 aliphatic carbocycles. The van der Waals surface area contributed by atoms with Crippen LogP contribution in [-0.2, 0) is 0 Å². The summed E-state index contributed by atoms with van der Waals surface area (Å²) in [6, 6.07) is 17.3. The summed E-state index contributed by atoms with van der Waals surface area (Å²) in [6.07, 6.45) is 0. The maximum atomic E-state index is 11.7. The van der Waals surface area contributed by atoms with Crippen molar-refractivity contribution in [3.8, 4) is 0 Å². The van der Waals surface area contributed by atoms with Gasteiger partial charge in [-0.15, -0.1) is 0 Å². The van der Waals surface area contributed by atoms with Crippen molar-refractivity contribution in [1.29, 1.82) is 0 Å².